The number of nitrogens with zero attached hydrogens (tertiary/aromatic N) is 2. The van der Waals surface area contributed by atoms with Crippen LogP contribution in [0.15, 0.2) is 42.6 Å². The van der Waals surface area contributed by atoms with Gasteiger partial charge in [0, 0.05) is 16.7 Å². The van der Waals surface area contributed by atoms with Gasteiger partial charge in [0.25, 0.3) is 0 Å². The van der Waals surface area contributed by atoms with Crippen molar-refractivity contribution in [2.75, 3.05) is 0 Å². The van der Waals surface area contributed by atoms with Crippen molar-refractivity contribution in [3.8, 4) is 11.3 Å². The van der Waals surface area contributed by atoms with Crippen molar-refractivity contribution in [3.63, 3.8) is 0 Å². The molecular formula is C11H10N2O. The Kier molecular flexibility index (Phi) is 2.14. The van der Waals surface area contributed by atoms with E-state index < -0.39 is 0 Å². The third kappa shape index (κ3) is 1.57. The minimum absolute atomic E-state index is 0.571. The Bertz CT molecular complexity index is 455. The molecule has 2 aromatic rings. The molecule has 0 aliphatic heterocycles. The second-order valence-electron chi connectivity index (χ2n) is 3.11. The van der Waals surface area contributed by atoms with E-state index in [1.165, 1.54) is 6.20 Å². The van der Waals surface area contributed by atoms with E-state index in [1.54, 1.807) is 6.07 Å². The summed E-state index contributed by atoms with van der Waals surface area (Å²) in [5.74, 6) is 0. The van der Waals surface area contributed by atoms with Gasteiger partial charge in [-0.2, -0.15) is 0 Å². The number of rotatable bonds is 1. The van der Waals surface area contributed by atoms with Crippen molar-refractivity contribution >= 4 is 0 Å². The van der Waals surface area contributed by atoms with Crippen LogP contribution in [0.25, 0.3) is 11.3 Å². The summed E-state index contributed by atoms with van der Waals surface area (Å²) in [4.78, 5) is 0.571. The number of hydrogen-bond donors (Lipinski definition) is 0. The normalized spacial score (nSPS) is 10.1. The minimum Gasteiger partial charge on any atom is -0.594 e. The lowest BCUT2D eigenvalue weighted by Crippen LogP contribution is -2.30. The second-order valence-corrected chi connectivity index (χ2v) is 3.11. The van der Waals surface area contributed by atoms with E-state index in [-0.39, 0.29) is 0 Å². The van der Waals surface area contributed by atoms with E-state index in [9.17, 15) is 5.21 Å². The number of aryl methyl sites for hydroxylation is 1. The van der Waals surface area contributed by atoms with Crippen LogP contribution in [0.2, 0.25) is 0 Å². The lowest BCUT2D eigenvalue weighted by molar-refractivity contribution is -0.668. The molecule has 1 heterocycles. The third-order valence-electron chi connectivity index (χ3n) is 2.10. The van der Waals surface area contributed by atoms with Crippen LogP contribution in [0, 0.1) is 12.1 Å². The molecule has 0 radical (unpaired) electrons. The van der Waals surface area contributed by atoms with E-state index in [4.69, 9.17) is 0 Å². The van der Waals surface area contributed by atoms with Crippen LogP contribution in [0.1, 0.15) is 5.56 Å². The van der Waals surface area contributed by atoms with Crippen LogP contribution < -0.4 is 4.85 Å². The highest BCUT2D eigenvalue weighted by Gasteiger charge is 2.04. The Hall–Kier alpha value is -1.90. The van der Waals surface area contributed by atoms with Crippen LogP contribution in [-0.4, -0.2) is 5.10 Å². The van der Waals surface area contributed by atoms with E-state index in [0.29, 0.717) is 10.5 Å². The molecular weight excluding hydrogens is 176 g/mol. The van der Waals surface area contributed by atoms with Gasteiger partial charge in [0.1, 0.15) is 5.69 Å². The molecule has 3 heteroatoms. The largest absolute Gasteiger partial charge is 0.594 e. The fourth-order valence-corrected chi connectivity index (χ4v) is 1.38. The van der Waals surface area contributed by atoms with Crippen molar-refractivity contribution in [2.45, 2.75) is 6.92 Å². The predicted molar refractivity (Wildman–Crippen MR) is 53.4 cm³/mol. The molecule has 70 valence electrons. The lowest BCUT2D eigenvalue weighted by atomic mass is 10.1. The Morgan fingerprint density at radius 3 is 2.64 bits per heavy atom. The van der Waals surface area contributed by atoms with Crippen LogP contribution in [0.4, 0.5) is 0 Å². The van der Waals surface area contributed by atoms with Gasteiger partial charge in [-0.25, -0.2) is 0 Å². The molecule has 0 aliphatic rings. The van der Waals surface area contributed by atoms with Gasteiger partial charge in [0.15, 0.2) is 0 Å². The smallest absolute Gasteiger partial charge is 0.209 e. The van der Waals surface area contributed by atoms with Crippen molar-refractivity contribution in [3.05, 3.63) is 53.4 Å². The summed E-state index contributed by atoms with van der Waals surface area (Å²) in [5, 5.41) is 14.8. The van der Waals surface area contributed by atoms with Gasteiger partial charge in [-0.15, -0.1) is 0 Å². The van der Waals surface area contributed by atoms with Crippen LogP contribution in [-0.2, 0) is 0 Å². The first-order valence-electron chi connectivity index (χ1n) is 4.40. The van der Waals surface area contributed by atoms with E-state index in [1.807, 2.05) is 37.3 Å². The molecule has 0 N–H and O–H groups in total. The average molecular weight is 186 g/mol. The first-order chi connectivity index (χ1) is 6.77. The molecule has 1 aromatic heterocycles. The molecule has 0 amide bonds. The van der Waals surface area contributed by atoms with Crippen molar-refractivity contribution in [1.29, 1.82) is 0 Å². The van der Waals surface area contributed by atoms with Crippen LogP contribution >= 0.6 is 0 Å². The topological polar surface area (TPSA) is 39.8 Å². The summed E-state index contributed by atoms with van der Waals surface area (Å²) in [6.07, 6.45) is 1.38. The van der Waals surface area contributed by atoms with Gasteiger partial charge >= 0.3 is 0 Å². The molecule has 0 saturated carbocycles. The number of hydrogen-bond acceptors (Lipinski definition) is 2. The Morgan fingerprint density at radius 2 is 1.93 bits per heavy atom. The Balaban J connectivity index is 2.55. The highest BCUT2D eigenvalue weighted by atomic mass is 16.5. The van der Waals surface area contributed by atoms with Crippen molar-refractivity contribution in [2.24, 2.45) is 0 Å². The fourth-order valence-electron chi connectivity index (χ4n) is 1.38. The summed E-state index contributed by atoms with van der Waals surface area (Å²) in [6, 6.07) is 11.4. The molecule has 0 atom stereocenters. The van der Waals surface area contributed by atoms with E-state index in [0.717, 1.165) is 11.1 Å². The molecule has 1 aromatic carbocycles. The van der Waals surface area contributed by atoms with Gasteiger partial charge in [-0.1, -0.05) is 29.1 Å². The molecule has 3 nitrogen and oxygen atoms in total. The first kappa shape index (κ1) is 8.69. The second kappa shape index (κ2) is 3.46. The number of benzene rings is 1. The molecule has 0 fully saturated rings. The monoisotopic (exact) mass is 186 g/mol. The highest BCUT2D eigenvalue weighted by molar-refractivity contribution is 5.62. The van der Waals surface area contributed by atoms with Crippen molar-refractivity contribution < 1.29 is 4.85 Å². The lowest BCUT2D eigenvalue weighted by Gasteiger charge is -2.02. The molecule has 2 rings (SSSR count). The summed E-state index contributed by atoms with van der Waals surface area (Å²) >= 11 is 0. The Morgan fingerprint density at radius 1 is 1.14 bits per heavy atom. The molecule has 0 spiro atoms. The maximum atomic E-state index is 11.0. The van der Waals surface area contributed by atoms with Crippen molar-refractivity contribution in [1.82, 2.24) is 5.10 Å². The van der Waals surface area contributed by atoms with Crippen LogP contribution in [0.3, 0.4) is 0 Å². The molecule has 0 saturated heterocycles. The summed E-state index contributed by atoms with van der Waals surface area (Å²) in [5.41, 5.74) is 2.82. The van der Waals surface area contributed by atoms with Gasteiger partial charge in [0.2, 0.25) is 6.20 Å². The maximum absolute atomic E-state index is 11.0. The minimum atomic E-state index is 0.571. The number of aromatic nitrogens is 2. The predicted octanol–water partition coefficient (Wildman–Crippen LogP) is 1.69. The summed E-state index contributed by atoms with van der Waals surface area (Å²) < 4.78 is 0. The quantitative estimate of drug-likeness (QED) is 0.502. The van der Waals surface area contributed by atoms with Gasteiger partial charge in [-0.3, -0.25) is 0 Å². The van der Waals surface area contributed by atoms with Crippen LogP contribution in [0.5, 0.6) is 0 Å². The van der Waals surface area contributed by atoms with Gasteiger partial charge < -0.3 is 5.21 Å². The Labute approximate surface area is 82.2 Å². The van der Waals surface area contributed by atoms with E-state index >= 15 is 0 Å². The fraction of sp³-hybridized carbons (Fsp3) is 0.0909. The molecule has 0 aliphatic carbocycles. The van der Waals surface area contributed by atoms with Gasteiger partial charge in [-0.05, 0) is 18.6 Å². The summed E-state index contributed by atoms with van der Waals surface area (Å²) in [6.45, 7) is 2.00. The zero-order valence-electron chi connectivity index (χ0n) is 7.84. The highest BCUT2D eigenvalue weighted by Crippen LogP contribution is 2.18. The first-order valence-corrected chi connectivity index (χ1v) is 4.40. The molecule has 0 unspecified atom stereocenters. The molecule has 0 bridgehead atoms. The zero-order chi connectivity index (χ0) is 9.97. The zero-order valence-corrected chi connectivity index (χ0v) is 7.84. The summed E-state index contributed by atoms with van der Waals surface area (Å²) in [7, 11) is 0. The average Bonchev–Trinajstić information content (AvgIpc) is 2.18. The standard InChI is InChI=1S/C11H10N2O/c1-9-5-2-3-6-10(9)11-7-4-8-13(14)12-11/h2-8H,1H3. The maximum Gasteiger partial charge on any atom is 0.209 e. The SMILES string of the molecule is Cc1ccccc1-c1ccc[n+]([O-])n1. The molecule has 14 heavy (non-hydrogen) atoms. The van der Waals surface area contributed by atoms with Gasteiger partial charge in [0.05, 0.1) is 0 Å². The van der Waals surface area contributed by atoms with E-state index in [2.05, 4.69) is 5.10 Å². The third-order valence-corrected chi connectivity index (χ3v) is 2.10.